The third-order valence-corrected chi connectivity index (χ3v) is 3.20. The molecule has 110 valence electrons. The molecule has 2 heterocycles. The Kier molecular flexibility index (Phi) is 4.89. The van der Waals surface area contributed by atoms with E-state index in [4.69, 9.17) is 9.26 Å². The van der Waals surface area contributed by atoms with Crippen molar-refractivity contribution in [2.24, 2.45) is 0 Å². The standard InChI is InChI=1S/C14H14N2O4S/c1-9-7-12(16-20-9)15-14(18)10(2)19-13(17)4-3-11-5-6-21-8-11/h3-8,10H,1-2H3,(H,15,16,18)/b4-3+/t10-/m0/s1. The quantitative estimate of drug-likeness (QED) is 0.678. The van der Waals surface area contributed by atoms with Gasteiger partial charge in [0.05, 0.1) is 0 Å². The molecule has 0 fully saturated rings. The van der Waals surface area contributed by atoms with Crippen molar-refractivity contribution in [3.8, 4) is 0 Å². The van der Waals surface area contributed by atoms with E-state index in [0.717, 1.165) is 5.56 Å². The first-order valence-electron chi connectivity index (χ1n) is 6.19. The number of hydrogen-bond donors (Lipinski definition) is 1. The molecule has 0 aliphatic heterocycles. The van der Waals surface area contributed by atoms with Gasteiger partial charge in [0.15, 0.2) is 11.9 Å². The van der Waals surface area contributed by atoms with E-state index in [0.29, 0.717) is 5.76 Å². The number of aromatic nitrogens is 1. The Morgan fingerprint density at radius 2 is 2.33 bits per heavy atom. The predicted molar refractivity (Wildman–Crippen MR) is 78.8 cm³/mol. The second-order valence-corrected chi connectivity index (χ2v) is 5.06. The van der Waals surface area contributed by atoms with Crippen LogP contribution in [0.3, 0.4) is 0 Å². The van der Waals surface area contributed by atoms with Gasteiger partial charge in [-0.25, -0.2) is 4.79 Å². The number of ether oxygens (including phenoxy) is 1. The molecule has 0 unspecified atom stereocenters. The fourth-order valence-corrected chi connectivity index (χ4v) is 2.08. The third-order valence-electron chi connectivity index (χ3n) is 2.50. The molecule has 6 nitrogen and oxygen atoms in total. The summed E-state index contributed by atoms with van der Waals surface area (Å²) >= 11 is 1.53. The average molecular weight is 306 g/mol. The van der Waals surface area contributed by atoms with Gasteiger partial charge in [-0.3, -0.25) is 4.79 Å². The van der Waals surface area contributed by atoms with E-state index in [2.05, 4.69) is 10.5 Å². The Morgan fingerprint density at radius 1 is 1.52 bits per heavy atom. The van der Waals surface area contributed by atoms with Gasteiger partial charge in [-0.1, -0.05) is 5.16 Å². The predicted octanol–water partition coefficient (Wildman–Crippen LogP) is 2.63. The number of thiophene rings is 1. The van der Waals surface area contributed by atoms with Crippen molar-refractivity contribution >= 4 is 35.1 Å². The number of anilines is 1. The summed E-state index contributed by atoms with van der Waals surface area (Å²) in [5.41, 5.74) is 0.909. The Labute approximate surface area is 125 Å². The fourth-order valence-electron chi connectivity index (χ4n) is 1.45. The highest BCUT2D eigenvalue weighted by molar-refractivity contribution is 7.08. The molecule has 0 bridgehead atoms. The lowest BCUT2D eigenvalue weighted by atomic mass is 10.3. The topological polar surface area (TPSA) is 81.4 Å². The fraction of sp³-hybridized carbons (Fsp3) is 0.214. The molecule has 1 N–H and O–H groups in total. The van der Waals surface area contributed by atoms with Crippen LogP contribution >= 0.6 is 11.3 Å². The van der Waals surface area contributed by atoms with Gasteiger partial charge in [0.2, 0.25) is 0 Å². The zero-order valence-corrected chi connectivity index (χ0v) is 12.3. The number of carbonyl (C=O) groups is 2. The molecule has 0 aliphatic rings. The molecule has 0 radical (unpaired) electrons. The van der Waals surface area contributed by atoms with Crippen molar-refractivity contribution < 1.29 is 18.8 Å². The summed E-state index contributed by atoms with van der Waals surface area (Å²) in [6, 6.07) is 3.44. The van der Waals surface area contributed by atoms with Crippen molar-refractivity contribution in [2.75, 3.05) is 5.32 Å². The number of carbonyl (C=O) groups excluding carboxylic acids is 2. The number of amides is 1. The number of rotatable bonds is 5. The Hall–Kier alpha value is -2.41. The first-order valence-corrected chi connectivity index (χ1v) is 7.14. The summed E-state index contributed by atoms with van der Waals surface area (Å²) in [4.78, 5) is 23.4. The summed E-state index contributed by atoms with van der Waals surface area (Å²) in [5.74, 6) is -0.191. The summed E-state index contributed by atoms with van der Waals surface area (Å²) in [5, 5.41) is 9.92. The van der Waals surface area contributed by atoms with E-state index >= 15 is 0 Å². The molecule has 21 heavy (non-hydrogen) atoms. The van der Waals surface area contributed by atoms with Crippen LogP contribution < -0.4 is 5.32 Å². The minimum Gasteiger partial charge on any atom is -0.449 e. The van der Waals surface area contributed by atoms with Crippen molar-refractivity contribution in [1.82, 2.24) is 5.16 Å². The maximum absolute atomic E-state index is 11.8. The molecule has 0 spiro atoms. The molecular weight excluding hydrogens is 292 g/mol. The summed E-state index contributed by atoms with van der Waals surface area (Å²) < 4.78 is 9.82. The van der Waals surface area contributed by atoms with Crippen molar-refractivity contribution in [1.29, 1.82) is 0 Å². The van der Waals surface area contributed by atoms with Crippen LogP contribution in [-0.4, -0.2) is 23.1 Å². The van der Waals surface area contributed by atoms with Crippen molar-refractivity contribution in [3.05, 3.63) is 40.3 Å². The zero-order valence-electron chi connectivity index (χ0n) is 11.5. The maximum atomic E-state index is 11.8. The Bertz CT molecular complexity index is 646. The minimum atomic E-state index is -0.929. The normalized spacial score (nSPS) is 12.3. The molecule has 2 aromatic rings. The van der Waals surface area contributed by atoms with E-state index in [-0.39, 0.29) is 5.82 Å². The van der Waals surface area contributed by atoms with Gasteiger partial charge in [-0.2, -0.15) is 11.3 Å². The van der Waals surface area contributed by atoms with Gasteiger partial charge in [0.25, 0.3) is 5.91 Å². The van der Waals surface area contributed by atoms with Crippen LogP contribution in [0.2, 0.25) is 0 Å². The molecule has 7 heteroatoms. The molecule has 0 saturated heterocycles. The SMILES string of the molecule is Cc1cc(NC(=O)[C@H](C)OC(=O)/C=C/c2ccsc2)no1. The van der Waals surface area contributed by atoms with Crippen LogP contribution in [0.4, 0.5) is 5.82 Å². The van der Waals surface area contributed by atoms with Crippen LogP contribution in [0.1, 0.15) is 18.2 Å². The monoisotopic (exact) mass is 306 g/mol. The maximum Gasteiger partial charge on any atom is 0.331 e. The summed E-state index contributed by atoms with van der Waals surface area (Å²) in [7, 11) is 0. The van der Waals surface area contributed by atoms with E-state index in [1.807, 2.05) is 16.8 Å². The van der Waals surface area contributed by atoms with Crippen LogP contribution in [0.25, 0.3) is 6.08 Å². The van der Waals surface area contributed by atoms with Gasteiger partial charge in [0.1, 0.15) is 5.76 Å². The molecule has 0 saturated carbocycles. The first-order chi connectivity index (χ1) is 10.0. The number of esters is 1. The van der Waals surface area contributed by atoms with E-state index in [1.54, 1.807) is 19.1 Å². The Balaban J connectivity index is 1.84. The van der Waals surface area contributed by atoms with Crippen LogP contribution in [0.5, 0.6) is 0 Å². The largest absolute Gasteiger partial charge is 0.449 e. The third kappa shape index (κ3) is 4.57. The van der Waals surface area contributed by atoms with Crippen molar-refractivity contribution in [2.45, 2.75) is 20.0 Å². The number of nitrogens with one attached hydrogen (secondary N) is 1. The van der Waals surface area contributed by atoms with Crippen LogP contribution in [-0.2, 0) is 14.3 Å². The highest BCUT2D eigenvalue weighted by Gasteiger charge is 2.17. The smallest absolute Gasteiger partial charge is 0.331 e. The second kappa shape index (κ2) is 6.85. The van der Waals surface area contributed by atoms with Gasteiger partial charge in [0, 0.05) is 12.1 Å². The molecular formula is C14H14N2O4S. The zero-order chi connectivity index (χ0) is 15.2. The van der Waals surface area contributed by atoms with Gasteiger partial charge < -0.3 is 14.6 Å². The molecule has 0 aromatic carbocycles. The van der Waals surface area contributed by atoms with Crippen LogP contribution in [0.15, 0.2) is 33.5 Å². The van der Waals surface area contributed by atoms with E-state index in [9.17, 15) is 9.59 Å². The lowest BCUT2D eigenvalue weighted by Gasteiger charge is -2.10. The van der Waals surface area contributed by atoms with Gasteiger partial charge in [-0.05, 0) is 42.3 Å². The number of aryl methyl sites for hydroxylation is 1. The van der Waals surface area contributed by atoms with Crippen molar-refractivity contribution in [3.63, 3.8) is 0 Å². The van der Waals surface area contributed by atoms with E-state index in [1.165, 1.54) is 24.3 Å². The number of nitrogens with zero attached hydrogens (tertiary/aromatic N) is 1. The van der Waals surface area contributed by atoms with E-state index < -0.39 is 18.0 Å². The molecule has 1 amide bonds. The molecule has 1 atom stereocenters. The lowest BCUT2D eigenvalue weighted by Crippen LogP contribution is -2.29. The second-order valence-electron chi connectivity index (χ2n) is 4.28. The van der Waals surface area contributed by atoms with Gasteiger partial charge >= 0.3 is 5.97 Å². The summed E-state index contributed by atoms with van der Waals surface area (Å²) in [6.07, 6.45) is 1.98. The van der Waals surface area contributed by atoms with Gasteiger partial charge in [-0.15, -0.1) is 0 Å². The summed E-state index contributed by atoms with van der Waals surface area (Å²) in [6.45, 7) is 3.19. The highest BCUT2D eigenvalue weighted by atomic mass is 32.1. The average Bonchev–Trinajstić information content (AvgIpc) is 3.08. The lowest BCUT2D eigenvalue weighted by molar-refractivity contribution is -0.148. The molecule has 2 rings (SSSR count). The number of hydrogen-bond acceptors (Lipinski definition) is 6. The Morgan fingerprint density at radius 3 is 2.95 bits per heavy atom. The minimum absolute atomic E-state index is 0.286. The highest BCUT2D eigenvalue weighted by Crippen LogP contribution is 2.09. The first kappa shape index (κ1) is 15.0. The van der Waals surface area contributed by atoms with Crippen LogP contribution in [0, 0.1) is 6.92 Å². The molecule has 0 aliphatic carbocycles. The molecule has 2 aromatic heterocycles.